The lowest BCUT2D eigenvalue weighted by molar-refractivity contribution is -0.123. The van der Waals surface area contributed by atoms with Gasteiger partial charge in [-0.15, -0.1) is 0 Å². The molecule has 0 spiro atoms. The molecule has 0 aliphatic rings. The second-order valence-electron chi connectivity index (χ2n) is 6.35. The maximum Gasteiger partial charge on any atom is 0.261 e. The molecule has 0 aromatic heterocycles. The van der Waals surface area contributed by atoms with Crippen LogP contribution in [-0.2, 0) is 14.8 Å². The van der Waals surface area contributed by atoms with Crippen LogP contribution in [0, 0.1) is 5.41 Å². The summed E-state index contributed by atoms with van der Waals surface area (Å²) in [6.45, 7) is 5.42. The van der Waals surface area contributed by atoms with Crippen LogP contribution in [0.1, 0.15) is 20.8 Å². The molecule has 0 aliphatic heterocycles. The summed E-state index contributed by atoms with van der Waals surface area (Å²) < 4.78 is 28.0. The van der Waals surface area contributed by atoms with Crippen LogP contribution < -0.4 is 10.0 Å². The summed E-state index contributed by atoms with van der Waals surface area (Å²) in [5.41, 5.74) is 0.372. The predicted molar refractivity (Wildman–Crippen MR) is 99.5 cm³/mol. The normalized spacial score (nSPS) is 11.8. The Morgan fingerprint density at radius 2 is 1.62 bits per heavy atom. The van der Waals surface area contributed by atoms with E-state index in [0.29, 0.717) is 15.8 Å². The Bertz CT molecular complexity index is 858. The molecule has 7 heteroatoms. The number of sulfonamides is 1. The van der Waals surface area contributed by atoms with Gasteiger partial charge in [0, 0.05) is 15.6 Å². The van der Waals surface area contributed by atoms with Gasteiger partial charge in [0.1, 0.15) is 0 Å². The number of carbonyl (C=O) groups is 1. The Hall–Kier alpha value is -1.86. The van der Waals surface area contributed by atoms with Gasteiger partial charge in [-0.25, -0.2) is 8.42 Å². The summed E-state index contributed by atoms with van der Waals surface area (Å²) in [5, 5.41) is 2.78. The summed E-state index contributed by atoms with van der Waals surface area (Å²) in [6.07, 6.45) is 0. The highest BCUT2D eigenvalue weighted by atomic mass is 79.9. The minimum absolute atomic E-state index is 0.144. The zero-order chi connectivity index (χ0) is 18.0. The van der Waals surface area contributed by atoms with E-state index in [4.69, 9.17) is 0 Å². The van der Waals surface area contributed by atoms with Gasteiger partial charge >= 0.3 is 0 Å². The Labute approximate surface area is 150 Å². The molecular weight excluding hydrogens is 392 g/mol. The Balaban J connectivity index is 2.22. The second-order valence-corrected chi connectivity index (χ2v) is 8.95. The maximum absolute atomic E-state index is 12.4. The van der Waals surface area contributed by atoms with E-state index in [0.717, 1.165) is 0 Å². The molecule has 0 bridgehead atoms. The van der Waals surface area contributed by atoms with Crippen LogP contribution in [0.15, 0.2) is 57.9 Å². The number of halogens is 1. The van der Waals surface area contributed by atoms with E-state index in [1.807, 2.05) is 20.8 Å². The highest BCUT2D eigenvalue weighted by molar-refractivity contribution is 9.10. The van der Waals surface area contributed by atoms with Gasteiger partial charge in [0.05, 0.1) is 10.6 Å². The number of rotatable bonds is 4. The molecule has 0 unspecified atom stereocenters. The smallest absolute Gasteiger partial charge is 0.261 e. The van der Waals surface area contributed by atoms with E-state index in [-0.39, 0.29) is 10.8 Å². The minimum Gasteiger partial charge on any atom is -0.326 e. The highest BCUT2D eigenvalue weighted by Gasteiger charge is 2.21. The van der Waals surface area contributed by atoms with E-state index >= 15 is 0 Å². The number of hydrogen-bond acceptors (Lipinski definition) is 3. The van der Waals surface area contributed by atoms with E-state index in [1.165, 1.54) is 12.1 Å². The van der Waals surface area contributed by atoms with Crippen LogP contribution >= 0.6 is 15.9 Å². The number of amides is 1. The third kappa shape index (κ3) is 4.82. The average Bonchev–Trinajstić information content (AvgIpc) is 2.46. The number of carbonyl (C=O) groups excluding carboxylic acids is 1. The standard InChI is InChI=1S/C17H19BrN2O3S/c1-17(2,3)16(21)19-13-7-5-8-14(11-13)20-24(22,23)15-9-4-6-12(18)10-15/h4-11,20H,1-3H3,(H,19,21). The van der Waals surface area contributed by atoms with Gasteiger partial charge in [-0.1, -0.05) is 48.8 Å². The first-order valence-corrected chi connectivity index (χ1v) is 9.55. The van der Waals surface area contributed by atoms with Crippen molar-refractivity contribution in [2.75, 3.05) is 10.0 Å². The van der Waals surface area contributed by atoms with Crippen LogP contribution in [0.3, 0.4) is 0 Å². The molecule has 1 amide bonds. The molecule has 0 heterocycles. The quantitative estimate of drug-likeness (QED) is 0.791. The van der Waals surface area contributed by atoms with E-state index < -0.39 is 15.4 Å². The first-order valence-electron chi connectivity index (χ1n) is 7.28. The molecule has 2 rings (SSSR count). The van der Waals surface area contributed by atoms with Crippen molar-refractivity contribution in [2.24, 2.45) is 5.41 Å². The molecular formula is C17H19BrN2O3S. The summed E-state index contributed by atoms with van der Waals surface area (Å²) >= 11 is 3.26. The lowest BCUT2D eigenvalue weighted by atomic mass is 9.95. The Kier molecular flexibility index (Phi) is 5.35. The molecule has 128 valence electrons. The molecule has 24 heavy (non-hydrogen) atoms. The molecule has 2 N–H and O–H groups in total. The topological polar surface area (TPSA) is 75.3 Å². The lowest BCUT2D eigenvalue weighted by Crippen LogP contribution is -2.27. The Morgan fingerprint density at radius 1 is 1.00 bits per heavy atom. The fraction of sp³-hybridized carbons (Fsp3) is 0.235. The van der Waals surface area contributed by atoms with E-state index in [1.54, 1.807) is 36.4 Å². The zero-order valence-corrected chi connectivity index (χ0v) is 16.0. The van der Waals surface area contributed by atoms with Crippen LogP contribution in [0.5, 0.6) is 0 Å². The number of benzene rings is 2. The third-order valence-corrected chi connectivity index (χ3v) is 5.03. The van der Waals surface area contributed by atoms with Gasteiger partial charge in [-0.05, 0) is 36.4 Å². The molecule has 0 fully saturated rings. The Morgan fingerprint density at radius 3 is 2.25 bits per heavy atom. The number of anilines is 2. The minimum atomic E-state index is -3.70. The van der Waals surface area contributed by atoms with Crippen molar-refractivity contribution >= 4 is 43.2 Å². The summed E-state index contributed by atoms with van der Waals surface area (Å²) in [7, 11) is -3.70. The van der Waals surface area contributed by atoms with Crippen molar-refractivity contribution in [2.45, 2.75) is 25.7 Å². The number of nitrogens with one attached hydrogen (secondary N) is 2. The van der Waals surface area contributed by atoms with Gasteiger partial charge in [0.15, 0.2) is 0 Å². The van der Waals surface area contributed by atoms with Crippen molar-refractivity contribution in [3.63, 3.8) is 0 Å². The summed E-state index contributed by atoms with van der Waals surface area (Å²) in [5.74, 6) is -0.144. The highest BCUT2D eigenvalue weighted by Crippen LogP contribution is 2.23. The second kappa shape index (κ2) is 6.94. The van der Waals surface area contributed by atoms with Gasteiger partial charge in [-0.2, -0.15) is 0 Å². The number of hydrogen-bond donors (Lipinski definition) is 2. The molecule has 2 aromatic rings. The van der Waals surface area contributed by atoms with E-state index in [2.05, 4.69) is 26.0 Å². The average molecular weight is 411 g/mol. The maximum atomic E-state index is 12.4. The fourth-order valence-electron chi connectivity index (χ4n) is 1.83. The van der Waals surface area contributed by atoms with Crippen molar-refractivity contribution in [3.8, 4) is 0 Å². The molecule has 0 atom stereocenters. The van der Waals surface area contributed by atoms with Crippen LogP contribution in [-0.4, -0.2) is 14.3 Å². The molecule has 5 nitrogen and oxygen atoms in total. The van der Waals surface area contributed by atoms with Crippen molar-refractivity contribution in [3.05, 3.63) is 53.0 Å². The van der Waals surface area contributed by atoms with Crippen molar-refractivity contribution in [1.82, 2.24) is 0 Å². The first kappa shape index (κ1) is 18.5. The zero-order valence-electron chi connectivity index (χ0n) is 13.6. The monoisotopic (exact) mass is 410 g/mol. The van der Waals surface area contributed by atoms with Gasteiger partial charge in [-0.3, -0.25) is 9.52 Å². The molecule has 0 radical (unpaired) electrons. The van der Waals surface area contributed by atoms with Gasteiger partial charge in [0.2, 0.25) is 5.91 Å². The first-order chi connectivity index (χ1) is 11.1. The summed E-state index contributed by atoms with van der Waals surface area (Å²) in [6, 6.07) is 13.0. The lowest BCUT2D eigenvalue weighted by Gasteiger charge is -2.18. The van der Waals surface area contributed by atoms with Gasteiger partial charge < -0.3 is 5.32 Å². The van der Waals surface area contributed by atoms with Gasteiger partial charge in [0.25, 0.3) is 10.0 Å². The molecule has 2 aromatic carbocycles. The largest absolute Gasteiger partial charge is 0.326 e. The molecule has 0 saturated heterocycles. The van der Waals surface area contributed by atoms with Crippen LogP contribution in [0.4, 0.5) is 11.4 Å². The van der Waals surface area contributed by atoms with Crippen LogP contribution in [0.25, 0.3) is 0 Å². The molecule has 0 saturated carbocycles. The van der Waals surface area contributed by atoms with E-state index in [9.17, 15) is 13.2 Å². The van der Waals surface area contributed by atoms with Crippen LogP contribution in [0.2, 0.25) is 0 Å². The SMILES string of the molecule is CC(C)(C)C(=O)Nc1cccc(NS(=O)(=O)c2cccc(Br)c2)c1. The van der Waals surface area contributed by atoms with Crippen molar-refractivity contribution in [1.29, 1.82) is 0 Å². The summed E-state index contributed by atoms with van der Waals surface area (Å²) in [4.78, 5) is 12.2. The third-order valence-electron chi connectivity index (χ3n) is 3.16. The predicted octanol–water partition coefficient (Wildman–Crippen LogP) is 4.23. The fourth-order valence-corrected chi connectivity index (χ4v) is 3.47. The van der Waals surface area contributed by atoms with Crippen molar-refractivity contribution < 1.29 is 13.2 Å². The molecule has 0 aliphatic carbocycles.